The average Bonchev–Trinajstić information content (AvgIpc) is 2.38. The highest BCUT2D eigenvalue weighted by atomic mass is 79.9. The highest BCUT2D eigenvalue weighted by Crippen LogP contribution is 2.28. The Bertz CT molecular complexity index is 411. The topological polar surface area (TPSA) is 61.8 Å². The summed E-state index contributed by atoms with van der Waals surface area (Å²) in [4.78, 5) is 0. The van der Waals surface area contributed by atoms with Gasteiger partial charge < -0.3 is 11.1 Å². The zero-order chi connectivity index (χ0) is 12.9. The summed E-state index contributed by atoms with van der Waals surface area (Å²) in [6.45, 7) is 4.84. The molecule has 92 valence electrons. The summed E-state index contributed by atoms with van der Waals surface area (Å²) in [5.74, 6) is 0. The first-order valence-electron chi connectivity index (χ1n) is 5.78. The maximum absolute atomic E-state index is 8.81. The number of nitrogens with two attached hydrogens (primary N) is 1. The molecule has 0 atom stereocenters. The average molecular weight is 296 g/mol. The maximum atomic E-state index is 8.81. The van der Waals surface area contributed by atoms with Crippen molar-refractivity contribution < 1.29 is 0 Å². The number of anilines is 1. The van der Waals surface area contributed by atoms with Gasteiger partial charge in [-0.05, 0) is 47.0 Å². The highest BCUT2D eigenvalue weighted by Gasteiger charge is 2.24. The third-order valence-electron chi connectivity index (χ3n) is 3.24. The monoisotopic (exact) mass is 295 g/mol. The van der Waals surface area contributed by atoms with Crippen LogP contribution in [-0.4, -0.2) is 12.1 Å². The summed E-state index contributed by atoms with van der Waals surface area (Å²) in [6, 6.07) is 7.65. The smallest absolute Gasteiger partial charge is 0.0992 e. The fourth-order valence-corrected chi connectivity index (χ4v) is 2.22. The van der Waals surface area contributed by atoms with E-state index in [1.807, 2.05) is 12.1 Å². The molecule has 0 spiro atoms. The normalized spacial score (nSPS) is 11.0. The first-order chi connectivity index (χ1) is 8.10. The van der Waals surface area contributed by atoms with E-state index in [2.05, 4.69) is 41.2 Å². The minimum absolute atomic E-state index is 0.0727. The number of benzene rings is 1. The zero-order valence-corrected chi connectivity index (χ0v) is 11.8. The quantitative estimate of drug-likeness (QED) is 0.876. The predicted octanol–water partition coefficient (Wildman–Crippen LogP) is 3.25. The van der Waals surface area contributed by atoms with E-state index in [9.17, 15) is 0 Å². The Morgan fingerprint density at radius 2 is 2.06 bits per heavy atom. The van der Waals surface area contributed by atoms with Crippen LogP contribution < -0.4 is 11.1 Å². The number of hydrogen-bond acceptors (Lipinski definition) is 3. The van der Waals surface area contributed by atoms with Crippen molar-refractivity contribution in [3.05, 3.63) is 28.2 Å². The molecule has 0 saturated heterocycles. The summed E-state index contributed by atoms with van der Waals surface area (Å²) in [7, 11) is 0. The number of nitrogens with one attached hydrogen (secondary N) is 1. The molecule has 1 rings (SSSR count). The van der Waals surface area contributed by atoms with Gasteiger partial charge in [0.15, 0.2) is 0 Å². The van der Waals surface area contributed by atoms with Gasteiger partial charge in [-0.15, -0.1) is 0 Å². The lowest BCUT2D eigenvalue weighted by atomic mass is 9.92. The Kier molecular flexibility index (Phi) is 4.98. The van der Waals surface area contributed by atoms with Gasteiger partial charge in [0.05, 0.1) is 11.6 Å². The zero-order valence-electron chi connectivity index (χ0n) is 10.3. The van der Waals surface area contributed by atoms with Crippen LogP contribution in [0.4, 0.5) is 5.69 Å². The summed E-state index contributed by atoms with van der Waals surface area (Å²) in [5, 5.41) is 12.3. The Hall–Kier alpha value is -1.05. The van der Waals surface area contributed by atoms with Gasteiger partial charge in [-0.1, -0.05) is 13.8 Å². The summed E-state index contributed by atoms with van der Waals surface area (Å²) in [5.41, 5.74) is 7.41. The Morgan fingerprint density at radius 3 is 2.47 bits per heavy atom. The summed E-state index contributed by atoms with van der Waals surface area (Å²) < 4.78 is 0.899. The molecule has 0 fully saturated rings. The molecule has 3 N–H and O–H groups in total. The van der Waals surface area contributed by atoms with Gasteiger partial charge in [0.1, 0.15) is 0 Å². The van der Waals surface area contributed by atoms with E-state index in [4.69, 9.17) is 11.0 Å². The Labute approximate surface area is 111 Å². The molecule has 0 aliphatic heterocycles. The summed E-state index contributed by atoms with van der Waals surface area (Å²) in [6.07, 6.45) is 1.93. The van der Waals surface area contributed by atoms with Crippen LogP contribution in [0.25, 0.3) is 0 Å². The number of halogens is 1. The molecule has 1 aromatic rings. The van der Waals surface area contributed by atoms with Crippen LogP contribution >= 0.6 is 15.9 Å². The van der Waals surface area contributed by atoms with E-state index in [0.717, 1.165) is 23.0 Å². The van der Waals surface area contributed by atoms with Crippen LogP contribution in [0.5, 0.6) is 0 Å². The molecule has 1 aromatic carbocycles. The number of rotatable bonds is 5. The van der Waals surface area contributed by atoms with Crippen LogP contribution in [0, 0.1) is 11.3 Å². The number of nitrogens with zero attached hydrogens (tertiary/aromatic N) is 1. The molecule has 0 heterocycles. The first-order valence-corrected chi connectivity index (χ1v) is 6.58. The molecular weight excluding hydrogens is 278 g/mol. The van der Waals surface area contributed by atoms with Crippen LogP contribution in [0.2, 0.25) is 0 Å². The SMILES string of the molecule is CCC(CC)(CN)Nc1ccc(C#N)cc1Br. The van der Waals surface area contributed by atoms with Gasteiger partial charge in [0.2, 0.25) is 0 Å². The molecule has 4 heteroatoms. The van der Waals surface area contributed by atoms with Crippen molar-refractivity contribution in [3.8, 4) is 6.07 Å². The van der Waals surface area contributed by atoms with Gasteiger partial charge in [0.25, 0.3) is 0 Å². The van der Waals surface area contributed by atoms with E-state index in [0.29, 0.717) is 12.1 Å². The Morgan fingerprint density at radius 1 is 1.41 bits per heavy atom. The molecule has 0 aliphatic rings. The van der Waals surface area contributed by atoms with E-state index in [1.165, 1.54) is 0 Å². The van der Waals surface area contributed by atoms with Crippen molar-refractivity contribution in [2.24, 2.45) is 5.73 Å². The Balaban J connectivity index is 2.99. The van der Waals surface area contributed by atoms with Crippen LogP contribution in [-0.2, 0) is 0 Å². The molecular formula is C13H18BrN3. The van der Waals surface area contributed by atoms with Crippen molar-refractivity contribution in [1.29, 1.82) is 5.26 Å². The van der Waals surface area contributed by atoms with Crippen molar-refractivity contribution in [2.45, 2.75) is 32.2 Å². The van der Waals surface area contributed by atoms with Gasteiger partial charge in [-0.25, -0.2) is 0 Å². The fourth-order valence-electron chi connectivity index (χ4n) is 1.74. The molecule has 0 saturated carbocycles. The highest BCUT2D eigenvalue weighted by molar-refractivity contribution is 9.10. The third-order valence-corrected chi connectivity index (χ3v) is 3.90. The standard InChI is InChI=1S/C13H18BrN3/c1-3-13(4-2,9-16)17-12-6-5-10(8-15)7-11(12)14/h5-7,17H,3-4,9,16H2,1-2H3. The third kappa shape index (κ3) is 3.21. The van der Waals surface area contributed by atoms with Crippen LogP contribution in [0.3, 0.4) is 0 Å². The second-order valence-electron chi connectivity index (χ2n) is 4.12. The molecule has 0 aromatic heterocycles. The van der Waals surface area contributed by atoms with Gasteiger partial charge in [-0.2, -0.15) is 5.26 Å². The van der Waals surface area contributed by atoms with Crippen molar-refractivity contribution >= 4 is 21.6 Å². The molecule has 0 unspecified atom stereocenters. The minimum Gasteiger partial charge on any atom is -0.377 e. The maximum Gasteiger partial charge on any atom is 0.0992 e. The molecule has 0 bridgehead atoms. The van der Waals surface area contributed by atoms with Gasteiger partial charge in [-0.3, -0.25) is 0 Å². The summed E-state index contributed by atoms with van der Waals surface area (Å²) >= 11 is 3.47. The molecule has 3 nitrogen and oxygen atoms in total. The van der Waals surface area contributed by atoms with Crippen molar-refractivity contribution in [3.63, 3.8) is 0 Å². The second-order valence-corrected chi connectivity index (χ2v) is 4.98. The second kappa shape index (κ2) is 6.04. The lowest BCUT2D eigenvalue weighted by Crippen LogP contribution is -2.44. The van der Waals surface area contributed by atoms with E-state index in [-0.39, 0.29) is 5.54 Å². The van der Waals surface area contributed by atoms with E-state index in [1.54, 1.807) is 6.07 Å². The lowest BCUT2D eigenvalue weighted by Gasteiger charge is -2.33. The number of nitriles is 1. The van der Waals surface area contributed by atoms with Crippen molar-refractivity contribution in [2.75, 3.05) is 11.9 Å². The van der Waals surface area contributed by atoms with Gasteiger partial charge >= 0.3 is 0 Å². The first kappa shape index (κ1) is 14.0. The minimum atomic E-state index is -0.0727. The molecule has 0 aliphatic carbocycles. The largest absolute Gasteiger partial charge is 0.377 e. The molecule has 17 heavy (non-hydrogen) atoms. The molecule has 0 amide bonds. The van der Waals surface area contributed by atoms with Crippen LogP contribution in [0.1, 0.15) is 32.3 Å². The predicted molar refractivity (Wildman–Crippen MR) is 74.8 cm³/mol. The van der Waals surface area contributed by atoms with Crippen LogP contribution in [0.15, 0.2) is 22.7 Å². The van der Waals surface area contributed by atoms with E-state index >= 15 is 0 Å². The lowest BCUT2D eigenvalue weighted by molar-refractivity contribution is 0.445. The molecule has 0 radical (unpaired) electrons. The number of hydrogen-bond donors (Lipinski definition) is 2. The van der Waals surface area contributed by atoms with Gasteiger partial charge in [0, 0.05) is 22.2 Å². The fraction of sp³-hybridized carbons (Fsp3) is 0.462. The van der Waals surface area contributed by atoms with E-state index < -0.39 is 0 Å². The van der Waals surface area contributed by atoms with Crippen molar-refractivity contribution in [1.82, 2.24) is 0 Å².